The summed E-state index contributed by atoms with van der Waals surface area (Å²) in [5.41, 5.74) is 0.771. The molecule has 1 N–H and O–H groups in total. The number of rotatable bonds is 5. The molecule has 1 atom stereocenters. The molecule has 3 rings (SSSR count). The van der Waals surface area contributed by atoms with E-state index in [-0.39, 0.29) is 42.0 Å². The standard InChI is InChI=1S/C21H11Cl5O4/c22-15-14(16(23)18(25)19(26)17(15)24)11-8-4-5-9-12(11)30-21(29)13(20(27)28)10-6-2-1-3-7-10/h1-9,13H,(H,27,28). The molecule has 0 aliphatic carbocycles. The number of para-hydroxylation sites is 1. The highest BCUT2D eigenvalue weighted by Crippen LogP contribution is 2.50. The highest BCUT2D eigenvalue weighted by Gasteiger charge is 2.31. The Morgan fingerprint density at radius 2 is 1.23 bits per heavy atom. The van der Waals surface area contributed by atoms with Crippen LogP contribution in [-0.4, -0.2) is 17.0 Å². The van der Waals surface area contributed by atoms with Crippen LogP contribution in [0.2, 0.25) is 25.1 Å². The van der Waals surface area contributed by atoms with E-state index < -0.39 is 17.9 Å². The largest absolute Gasteiger partial charge is 0.480 e. The number of esters is 1. The molecule has 154 valence electrons. The monoisotopic (exact) mass is 502 g/mol. The van der Waals surface area contributed by atoms with Gasteiger partial charge in [-0.3, -0.25) is 9.59 Å². The maximum atomic E-state index is 12.8. The number of hydrogen-bond acceptors (Lipinski definition) is 3. The van der Waals surface area contributed by atoms with Crippen molar-refractivity contribution in [2.75, 3.05) is 0 Å². The molecule has 0 aliphatic rings. The third kappa shape index (κ3) is 4.39. The molecule has 0 radical (unpaired) electrons. The van der Waals surface area contributed by atoms with E-state index in [1.54, 1.807) is 36.4 Å². The minimum absolute atomic E-state index is 0.0115. The smallest absolute Gasteiger partial charge is 0.330 e. The second kappa shape index (κ2) is 9.46. The number of carbonyl (C=O) groups is 2. The summed E-state index contributed by atoms with van der Waals surface area (Å²) >= 11 is 31.0. The van der Waals surface area contributed by atoms with Gasteiger partial charge in [-0.05, 0) is 11.6 Å². The molecule has 0 amide bonds. The summed E-state index contributed by atoms with van der Waals surface area (Å²) in [5.74, 6) is -3.83. The van der Waals surface area contributed by atoms with E-state index in [1.165, 1.54) is 18.2 Å². The summed E-state index contributed by atoms with van der Waals surface area (Å²) in [6.45, 7) is 0. The van der Waals surface area contributed by atoms with Crippen molar-refractivity contribution in [3.8, 4) is 16.9 Å². The van der Waals surface area contributed by atoms with Gasteiger partial charge in [-0.25, -0.2) is 0 Å². The molecule has 3 aromatic rings. The van der Waals surface area contributed by atoms with Crippen LogP contribution >= 0.6 is 58.0 Å². The van der Waals surface area contributed by atoms with Crippen molar-refractivity contribution in [2.24, 2.45) is 0 Å². The Balaban J connectivity index is 2.08. The molecule has 3 aromatic carbocycles. The summed E-state index contributed by atoms with van der Waals surface area (Å²) < 4.78 is 5.44. The van der Waals surface area contributed by atoms with E-state index in [4.69, 9.17) is 62.7 Å². The van der Waals surface area contributed by atoms with Crippen LogP contribution in [-0.2, 0) is 9.59 Å². The summed E-state index contributed by atoms with van der Waals surface area (Å²) in [7, 11) is 0. The molecule has 0 aliphatic heterocycles. The molecule has 30 heavy (non-hydrogen) atoms. The topological polar surface area (TPSA) is 63.6 Å². The zero-order chi connectivity index (χ0) is 22.0. The lowest BCUT2D eigenvalue weighted by molar-refractivity contribution is -0.148. The van der Waals surface area contributed by atoms with Crippen molar-refractivity contribution >= 4 is 69.9 Å². The second-order valence-corrected chi connectivity index (χ2v) is 7.93. The molecular formula is C21H11Cl5O4. The molecule has 1 unspecified atom stereocenters. The minimum Gasteiger partial charge on any atom is -0.480 e. The fourth-order valence-corrected chi connectivity index (χ4v) is 4.14. The quantitative estimate of drug-likeness (QED) is 0.129. The normalized spacial score (nSPS) is 11.8. The van der Waals surface area contributed by atoms with Gasteiger partial charge in [-0.15, -0.1) is 0 Å². The highest BCUT2D eigenvalue weighted by atomic mass is 35.5. The average molecular weight is 505 g/mol. The highest BCUT2D eigenvalue weighted by molar-refractivity contribution is 6.56. The Labute approximate surface area is 196 Å². The molecule has 0 saturated heterocycles. The molecular weight excluding hydrogens is 493 g/mol. The Kier molecular flexibility index (Phi) is 7.17. The van der Waals surface area contributed by atoms with E-state index in [0.29, 0.717) is 5.56 Å². The zero-order valence-corrected chi connectivity index (χ0v) is 18.6. The van der Waals surface area contributed by atoms with E-state index in [9.17, 15) is 14.7 Å². The number of benzene rings is 3. The van der Waals surface area contributed by atoms with Gasteiger partial charge in [0.05, 0.1) is 25.1 Å². The number of hydrogen-bond donors (Lipinski definition) is 1. The van der Waals surface area contributed by atoms with E-state index in [1.807, 2.05) is 0 Å². The number of carbonyl (C=O) groups excluding carboxylic acids is 1. The van der Waals surface area contributed by atoms with Crippen molar-refractivity contribution < 1.29 is 19.4 Å². The summed E-state index contributed by atoms with van der Waals surface area (Å²) in [6, 6.07) is 14.3. The molecule has 0 saturated carbocycles. The Morgan fingerprint density at radius 1 is 0.733 bits per heavy atom. The number of halogens is 5. The van der Waals surface area contributed by atoms with Crippen LogP contribution in [0.3, 0.4) is 0 Å². The summed E-state index contributed by atoms with van der Waals surface area (Å²) in [5, 5.41) is 9.54. The maximum Gasteiger partial charge on any atom is 0.330 e. The average Bonchev–Trinajstić information content (AvgIpc) is 2.73. The third-order valence-corrected chi connectivity index (χ3v) is 6.47. The lowest BCUT2D eigenvalue weighted by Gasteiger charge is -2.17. The van der Waals surface area contributed by atoms with Gasteiger partial charge in [-0.2, -0.15) is 0 Å². The molecule has 0 bridgehead atoms. The first-order valence-electron chi connectivity index (χ1n) is 8.34. The van der Waals surface area contributed by atoms with Crippen LogP contribution in [0.5, 0.6) is 5.75 Å². The fraction of sp³-hybridized carbons (Fsp3) is 0.0476. The van der Waals surface area contributed by atoms with Crippen LogP contribution in [0.4, 0.5) is 0 Å². The molecule has 0 aromatic heterocycles. The van der Waals surface area contributed by atoms with Gasteiger partial charge >= 0.3 is 11.9 Å². The van der Waals surface area contributed by atoms with E-state index in [2.05, 4.69) is 0 Å². The fourth-order valence-electron chi connectivity index (χ4n) is 2.80. The van der Waals surface area contributed by atoms with Gasteiger partial charge < -0.3 is 9.84 Å². The van der Waals surface area contributed by atoms with Gasteiger partial charge in [0, 0.05) is 11.1 Å². The Morgan fingerprint density at radius 3 is 1.80 bits per heavy atom. The van der Waals surface area contributed by atoms with Gasteiger partial charge in [-0.1, -0.05) is 107 Å². The lowest BCUT2D eigenvalue weighted by atomic mass is 9.99. The van der Waals surface area contributed by atoms with Gasteiger partial charge in [0.1, 0.15) is 5.75 Å². The van der Waals surface area contributed by atoms with Crippen LogP contribution in [0.25, 0.3) is 11.1 Å². The molecule has 0 fully saturated rings. The van der Waals surface area contributed by atoms with Crippen molar-refractivity contribution in [2.45, 2.75) is 5.92 Å². The Bertz CT molecular complexity index is 1100. The van der Waals surface area contributed by atoms with Crippen molar-refractivity contribution in [1.82, 2.24) is 0 Å². The van der Waals surface area contributed by atoms with E-state index in [0.717, 1.165) is 0 Å². The number of carboxylic acids is 1. The van der Waals surface area contributed by atoms with Gasteiger partial charge in [0.2, 0.25) is 0 Å². The van der Waals surface area contributed by atoms with Crippen LogP contribution in [0.15, 0.2) is 54.6 Å². The molecule has 4 nitrogen and oxygen atoms in total. The maximum absolute atomic E-state index is 12.8. The van der Waals surface area contributed by atoms with Crippen molar-refractivity contribution in [3.05, 3.63) is 85.3 Å². The van der Waals surface area contributed by atoms with Gasteiger partial charge in [0.15, 0.2) is 5.92 Å². The van der Waals surface area contributed by atoms with Crippen molar-refractivity contribution in [3.63, 3.8) is 0 Å². The van der Waals surface area contributed by atoms with E-state index >= 15 is 0 Å². The second-order valence-electron chi connectivity index (χ2n) is 6.04. The minimum atomic E-state index is -1.53. The summed E-state index contributed by atoms with van der Waals surface area (Å²) in [6.07, 6.45) is 0. The van der Waals surface area contributed by atoms with Crippen LogP contribution in [0.1, 0.15) is 11.5 Å². The predicted octanol–water partition coefficient (Wildman–Crippen LogP) is 7.39. The molecule has 9 heteroatoms. The number of carboxylic acid groups (broad SMARTS) is 1. The molecule has 0 spiro atoms. The van der Waals surface area contributed by atoms with Crippen molar-refractivity contribution in [1.29, 1.82) is 0 Å². The van der Waals surface area contributed by atoms with Crippen LogP contribution < -0.4 is 4.74 Å². The predicted molar refractivity (Wildman–Crippen MR) is 119 cm³/mol. The third-order valence-electron chi connectivity index (χ3n) is 4.19. The first kappa shape index (κ1) is 22.7. The SMILES string of the molecule is O=C(O)C(C(=O)Oc1ccccc1-c1c(Cl)c(Cl)c(Cl)c(Cl)c1Cl)c1ccccc1. The van der Waals surface area contributed by atoms with Gasteiger partial charge in [0.25, 0.3) is 0 Å². The first-order chi connectivity index (χ1) is 14.2. The lowest BCUT2D eigenvalue weighted by Crippen LogP contribution is -2.26. The Hall–Kier alpha value is -1.95. The zero-order valence-electron chi connectivity index (χ0n) is 14.8. The number of ether oxygens (including phenoxy) is 1. The first-order valence-corrected chi connectivity index (χ1v) is 10.2. The van der Waals surface area contributed by atoms with Crippen LogP contribution in [0, 0.1) is 0 Å². The summed E-state index contributed by atoms with van der Waals surface area (Å²) in [4.78, 5) is 24.5. The molecule has 0 heterocycles. The number of aliphatic carboxylic acids is 1.